The third-order valence-electron chi connectivity index (χ3n) is 5.44. The normalized spacial score (nSPS) is 11.8. The number of para-hydroxylation sites is 1. The number of ether oxygens (including phenoxy) is 4. The molecule has 4 rings (SSSR count). The van der Waals surface area contributed by atoms with Gasteiger partial charge in [0.1, 0.15) is 5.75 Å². The van der Waals surface area contributed by atoms with Gasteiger partial charge in [-0.1, -0.05) is 30.3 Å². The monoisotopic (exact) mass is 496 g/mol. The predicted octanol–water partition coefficient (Wildman–Crippen LogP) is 3.56. The summed E-state index contributed by atoms with van der Waals surface area (Å²) < 4.78 is 21.7. The largest absolute Gasteiger partial charge is 0.484 e. The third-order valence-corrected chi connectivity index (χ3v) is 6.30. The lowest BCUT2D eigenvalue weighted by Crippen LogP contribution is -2.45. The second-order valence-corrected chi connectivity index (χ2v) is 8.96. The smallest absolute Gasteiger partial charge is 0.261 e. The molecular formula is C26H28N2O6S. The number of thiophene rings is 1. The highest BCUT2D eigenvalue weighted by Gasteiger charge is 2.23. The number of amides is 2. The Labute approximate surface area is 208 Å². The van der Waals surface area contributed by atoms with Gasteiger partial charge in [0.2, 0.25) is 12.7 Å². The predicted molar refractivity (Wildman–Crippen MR) is 132 cm³/mol. The molecule has 35 heavy (non-hydrogen) atoms. The summed E-state index contributed by atoms with van der Waals surface area (Å²) in [6, 6.07) is 18.7. The summed E-state index contributed by atoms with van der Waals surface area (Å²) in [7, 11) is 1.56. The van der Waals surface area contributed by atoms with Crippen LogP contribution in [0.2, 0.25) is 0 Å². The van der Waals surface area contributed by atoms with Crippen molar-refractivity contribution in [3.8, 4) is 17.2 Å². The van der Waals surface area contributed by atoms with Gasteiger partial charge in [0.25, 0.3) is 5.91 Å². The summed E-state index contributed by atoms with van der Waals surface area (Å²) in [5.74, 6) is 1.51. The van der Waals surface area contributed by atoms with Crippen LogP contribution < -0.4 is 14.2 Å². The fourth-order valence-electron chi connectivity index (χ4n) is 3.59. The van der Waals surface area contributed by atoms with E-state index in [-0.39, 0.29) is 38.3 Å². The molecule has 8 nitrogen and oxygen atoms in total. The highest BCUT2D eigenvalue weighted by Crippen LogP contribution is 2.33. The molecule has 0 saturated heterocycles. The van der Waals surface area contributed by atoms with Crippen LogP contribution in [0.5, 0.6) is 17.2 Å². The molecule has 0 bridgehead atoms. The van der Waals surface area contributed by atoms with Crippen LogP contribution in [0.4, 0.5) is 0 Å². The molecule has 3 aromatic rings. The van der Waals surface area contributed by atoms with Gasteiger partial charge in [0.05, 0.1) is 19.7 Å². The first-order chi connectivity index (χ1) is 17.1. The van der Waals surface area contributed by atoms with Gasteiger partial charge in [-0.25, -0.2) is 0 Å². The van der Waals surface area contributed by atoms with Gasteiger partial charge >= 0.3 is 0 Å². The standard InChI is InChI=1S/C26H28N2O6S/c1-31-12-11-27(26(30)18-32-21-6-3-2-4-7-21)17-25(29)28(16-22-8-5-13-35-22)15-20-9-10-23-24(14-20)34-19-33-23/h2-10,13-14H,11-12,15-19H2,1H3. The van der Waals surface area contributed by atoms with Crippen molar-refractivity contribution in [2.45, 2.75) is 13.1 Å². The Morgan fingerprint density at radius 3 is 2.54 bits per heavy atom. The van der Waals surface area contributed by atoms with Crippen LogP contribution >= 0.6 is 11.3 Å². The maximum absolute atomic E-state index is 13.5. The van der Waals surface area contributed by atoms with E-state index >= 15 is 0 Å². The second-order valence-electron chi connectivity index (χ2n) is 7.93. The number of rotatable bonds is 12. The van der Waals surface area contributed by atoms with Crippen molar-refractivity contribution < 1.29 is 28.5 Å². The number of carbonyl (C=O) groups excluding carboxylic acids is 2. The molecule has 0 atom stereocenters. The summed E-state index contributed by atoms with van der Waals surface area (Å²) in [6.07, 6.45) is 0. The van der Waals surface area contributed by atoms with Crippen LogP contribution in [0.15, 0.2) is 66.0 Å². The lowest BCUT2D eigenvalue weighted by atomic mass is 10.2. The van der Waals surface area contributed by atoms with Gasteiger partial charge in [0.15, 0.2) is 18.1 Å². The van der Waals surface area contributed by atoms with E-state index in [9.17, 15) is 9.59 Å². The average molecular weight is 497 g/mol. The van der Waals surface area contributed by atoms with E-state index in [1.807, 2.05) is 53.9 Å². The zero-order valence-electron chi connectivity index (χ0n) is 19.6. The van der Waals surface area contributed by atoms with E-state index in [2.05, 4.69) is 0 Å². The van der Waals surface area contributed by atoms with Crippen LogP contribution in [-0.4, -0.2) is 61.8 Å². The molecule has 0 aliphatic carbocycles. The van der Waals surface area contributed by atoms with Crippen LogP contribution in [-0.2, 0) is 27.4 Å². The highest BCUT2D eigenvalue weighted by molar-refractivity contribution is 7.09. The first-order valence-electron chi connectivity index (χ1n) is 11.3. The molecule has 184 valence electrons. The van der Waals surface area contributed by atoms with Gasteiger partial charge in [-0.2, -0.15) is 0 Å². The van der Waals surface area contributed by atoms with Crippen LogP contribution in [0, 0.1) is 0 Å². The lowest BCUT2D eigenvalue weighted by molar-refractivity contribution is -0.142. The van der Waals surface area contributed by atoms with Gasteiger partial charge < -0.3 is 28.7 Å². The van der Waals surface area contributed by atoms with E-state index in [1.54, 1.807) is 35.5 Å². The Kier molecular flexibility index (Phi) is 8.58. The minimum absolute atomic E-state index is 0.0731. The molecule has 0 spiro atoms. The van der Waals surface area contributed by atoms with Crippen LogP contribution in [0.1, 0.15) is 10.4 Å². The number of benzene rings is 2. The van der Waals surface area contributed by atoms with Crippen molar-refractivity contribution in [2.24, 2.45) is 0 Å². The molecule has 1 aromatic heterocycles. The van der Waals surface area contributed by atoms with Gasteiger partial charge in [0, 0.05) is 25.1 Å². The summed E-state index contributed by atoms with van der Waals surface area (Å²) in [5.41, 5.74) is 0.918. The number of nitrogens with zero attached hydrogens (tertiary/aromatic N) is 2. The molecule has 9 heteroatoms. The van der Waals surface area contributed by atoms with Crippen LogP contribution in [0.3, 0.4) is 0 Å². The van der Waals surface area contributed by atoms with Gasteiger partial charge in [-0.3, -0.25) is 9.59 Å². The Balaban J connectivity index is 1.45. The quantitative estimate of drug-likeness (QED) is 0.382. The highest BCUT2D eigenvalue weighted by atomic mass is 32.1. The molecule has 2 amide bonds. The maximum Gasteiger partial charge on any atom is 0.261 e. The van der Waals surface area contributed by atoms with E-state index in [0.29, 0.717) is 36.9 Å². The zero-order chi connectivity index (χ0) is 24.5. The topological polar surface area (TPSA) is 77.5 Å². The first-order valence-corrected chi connectivity index (χ1v) is 12.1. The van der Waals surface area contributed by atoms with E-state index in [1.165, 1.54) is 4.90 Å². The Hall–Kier alpha value is -3.56. The fraction of sp³-hybridized carbons (Fsp3) is 0.308. The number of hydrogen-bond donors (Lipinski definition) is 0. The van der Waals surface area contributed by atoms with Crippen molar-refractivity contribution >= 4 is 23.2 Å². The number of methoxy groups -OCH3 is 1. The second kappa shape index (κ2) is 12.2. The maximum atomic E-state index is 13.5. The summed E-state index contributed by atoms with van der Waals surface area (Å²) in [4.78, 5) is 30.7. The van der Waals surface area contributed by atoms with Gasteiger partial charge in [-0.05, 0) is 41.3 Å². The first kappa shape index (κ1) is 24.6. The molecule has 0 saturated carbocycles. The van der Waals surface area contributed by atoms with E-state index < -0.39 is 0 Å². The SMILES string of the molecule is COCCN(CC(=O)N(Cc1ccc2c(c1)OCO2)Cc1cccs1)C(=O)COc1ccccc1. The summed E-state index contributed by atoms with van der Waals surface area (Å²) in [5, 5.41) is 1.98. The minimum Gasteiger partial charge on any atom is -0.484 e. The molecule has 0 radical (unpaired) electrons. The van der Waals surface area contributed by atoms with E-state index in [0.717, 1.165) is 10.4 Å². The number of carbonyl (C=O) groups is 2. The summed E-state index contributed by atoms with van der Waals surface area (Å²) in [6.45, 7) is 1.38. The Morgan fingerprint density at radius 1 is 0.943 bits per heavy atom. The van der Waals surface area contributed by atoms with Gasteiger partial charge in [-0.15, -0.1) is 11.3 Å². The molecule has 0 fully saturated rings. The fourth-order valence-corrected chi connectivity index (χ4v) is 4.31. The third kappa shape index (κ3) is 6.97. The Morgan fingerprint density at radius 2 is 1.77 bits per heavy atom. The molecular weight excluding hydrogens is 468 g/mol. The van der Waals surface area contributed by atoms with Crippen molar-refractivity contribution in [2.75, 3.05) is 40.2 Å². The van der Waals surface area contributed by atoms with Crippen LogP contribution in [0.25, 0.3) is 0 Å². The molecule has 2 aromatic carbocycles. The average Bonchev–Trinajstić information content (AvgIpc) is 3.57. The molecule has 1 aliphatic rings. The zero-order valence-corrected chi connectivity index (χ0v) is 20.4. The lowest BCUT2D eigenvalue weighted by Gasteiger charge is -2.27. The van der Waals surface area contributed by atoms with E-state index in [4.69, 9.17) is 18.9 Å². The summed E-state index contributed by atoms with van der Waals surface area (Å²) >= 11 is 1.59. The van der Waals surface area contributed by atoms with Crippen molar-refractivity contribution in [3.63, 3.8) is 0 Å². The van der Waals surface area contributed by atoms with Crippen molar-refractivity contribution in [1.29, 1.82) is 0 Å². The molecule has 2 heterocycles. The van der Waals surface area contributed by atoms with Crippen molar-refractivity contribution in [3.05, 3.63) is 76.5 Å². The van der Waals surface area contributed by atoms with Crippen molar-refractivity contribution in [1.82, 2.24) is 9.80 Å². The molecule has 0 unspecified atom stereocenters. The Bertz CT molecular complexity index is 1110. The molecule has 0 N–H and O–H groups in total. The number of fused-ring (bicyclic) bond motifs is 1. The molecule has 1 aliphatic heterocycles. The number of hydrogen-bond acceptors (Lipinski definition) is 7. The minimum atomic E-state index is -0.279.